The van der Waals surface area contributed by atoms with Crippen molar-refractivity contribution >= 4 is 58.1 Å². The van der Waals surface area contributed by atoms with Gasteiger partial charge in [0.25, 0.3) is 5.91 Å². The molecule has 5 nitrogen and oxygen atoms in total. The summed E-state index contributed by atoms with van der Waals surface area (Å²) in [7, 11) is 0. The lowest BCUT2D eigenvalue weighted by Crippen LogP contribution is -2.15. The summed E-state index contributed by atoms with van der Waals surface area (Å²) >= 11 is 17.7. The first kappa shape index (κ1) is 21.8. The van der Waals surface area contributed by atoms with E-state index in [2.05, 4.69) is 5.32 Å². The average molecular weight is 463 g/mol. The first-order chi connectivity index (χ1) is 14.3. The molecule has 0 bridgehead atoms. The zero-order valence-electron chi connectivity index (χ0n) is 15.3. The third-order valence-electron chi connectivity index (χ3n) is 4.03. The first-order valence-corrected chi connectivity index (χ1v) is 9.79. The minimum absolute atomic E-state index is 0.180. The van der Waals surface area contributed by atoms with Crippen LogP contribution < -0.4 is 5.32 Å². The van der Waals surface area contributed by atoms with Crippen LogP contribution in [0.4, 0.5) is 5.69 Å². The molecule has 30 heavy (non-hydrogen) atoms. The number of Topliss-reactive ketones (excluding diaryl/α,β-unsaturated/α-hetero) is 1. The van der Waals surface area contributed by atoms with Crippen molar-refractivity contribution in [2.24, 2.45) is 0 Å². The maximum atomic E-state index is 12.4. The number of halogens is 3. The Morgan fingerprint density at radius 2 is 1.50 bits per heavy atom. The van der Waals surface area contributed by atoms with Gasteiger partial charge in [-0.15, -0.1) is 0 Å². The van der Waals surface area contributed by atoms with E-state index in [0.29, 0.717) is 21.3 Å². The number of benzene rings is 3. The van der Waals surface area contributed by atoms with Gasteiger partial charge < -0.3 is 10.1 Å². The number of ketones is 1. The van der Waals surface area contributed by atoms with Gasteiger partial charge in [0.05, 0.1) is 16.1 Å². The Kier molecular flexibility index (Phi) is 7.11. The molecule has 0 spiro atoms. The molecule has 152 valence electrons. The van der Waals surface area contributed by atoms with Crippen LogP contribution >= 0.6 is 34.8 Å². The number of hydrogen-bond acceptors (Lipinski definition) is 4. The van der Waals surface area contributed by atoms with Crippen molar-refractivity contribution in [1.29, 1.82) is 0 Å². The lowest BCUT2D eigenvalue weighted by atomic mass is 10.1. The Morgan fingerprint density at radius 3 is 2.20 bits per heavy atom. The van der Waals surface area contributed by atoms with Crippen LogP contribution in [0.3, 0.4) is 0 Å². The number of carbonyl (C=O) groups excluding carboxylic acids is 3. The molecule has 0 aliphatic carbocycles. The number of ether oxygens (including phenoxy) is 1. The van der Waals surface area contributed by atoms with E-state index in [9.17, 15) is 14.4 Å². The van der Waals surface area contributed by atoms with Crippen molar-refractivity contribution in [2.75, 3.05) is 11.9 Å². The summed E-state index contributed by atoms with van der Waals surface area (Å²) in [5, 5.41) is 3.77. The molecule has 3 rings (SSSR count). The highest BCUT2D eigenvalue weighted by atomic mass is 35.5. The van der Waals surface area contributed by atoms with Gasteiger partial charge in [-0.3, -0.25) is 9.59 Å². The summed E-state index contributed by atoms with van der Waals surface area (Å²) in [5.41, 5.74) is 1.17. The van der Waals surface area contributed by atoms with Crippen molar-refractivity contribution in [3.63, 3.8) is 0 Å². The van der Waals surface area contributed by atoms with Gasteiger partial charge in [-0.05, 0) is 60.7 Å². The fraction of sp³-hybridized carbons (Fsp3) is 0.0455. The Bertz CT molecular complexity index is 1110. The summed E-state index contributed by atoms with van der Waals surface area (Å²) in [6.07, 6.45) is 0. The number of carbonyl (C=O) groups is 3. The van der Waals surface area contributed by atoms with Crippen LogP contribution in [-0.2, 0) is 4.74 Å². The summed E-state index contributed by atoms with van der Waals surface area (Å²) in [4.78, 5) is 36.8. The van der Waals surface area contributed by atoms with E-state index < -0.39 is 18.5 Å². The van der Waals surface area contributed by atoms with Crippen LogP contribution in [0.2, 0.25) is 15.1 Å². The third kappa shape index (κ3) is 5.60. The Hall–Kier alpha value is -2.86. The van der Waals surface area contributed by atoms with Gasteiger partial charge in [0, 0.05) is 21.3 Å². The second-order valence-electron chi connectivity index (χ2n) is 6.17. The number of amides is 1. The number of esters is 1. The van der Waals surface area contributed by atoms with E-state index in [1.807, 2.05) is 0 Å². The molecule has 8 heteroatoms. The van der Waals surface area contributed by atoms with Gasteiger partial charge in [-0.1, -0.05) is 40.9 Å². The largest absolute Gasteiger partial charge is 0.454 e. The molecule has 3 aromatic rings. The van der Waals surface area contributed by atoms with Gasteiger partial charge in [0.1, 0.15) is 0 Å². The summed E-state index contributed by atoms with van der Waals surface area (Å²) in [6.45, 7) is -0.419. The van der Waals surface area contributed by atoms with E-state index in [0.717, 1.165) is 0 Å². The van der Waals surface area contributed by atoms with Gasteiger partial charge >= 0.3 is 5.97 Å². The van der Waals surface area contributed by atoms with Crippen LogP contribution in [0, 0.1) is 0 Å². The minimum Gasteiger partial charge on any atom is -0.454 e. The third-order valence-corrected chi connectivity index (χ3v) is 4.83. The zero-order valence-corrected chi connectivity index (χ0v) is 17.6. The summed E-state index contributed by atoms with van der Waals surface area (Å²) in [6, 6.07) is 16.9. The normalized spacial score (nSPS) is 10.4. The number of hydrogen-bond donors (Lipinski definition) is 1. The lowest BCUT2D eigenvalue weighted by molar-refractivity contribution is 0.0474. The van der Waals surface area contributed by atoms with Crippen LogP contribution in [0.25, 0.3) is 0 Å². The van der Waals surface area contributed by atoms with Crippen LogP contribution in [0.15, 0.2) is 66.7 Å². The molecule has 0 aromatic heterocycles. The molecule has 3 aromatic carbocycles. The summed E-state index contributed by atoms with van der Waals surface area (Å²) < 4.78 is 5.08. The fourth-order valence-corrected chi connectivity index (χ4v) is 3.15. The lowest BCUT2D eigenvalue weighted by Gasteiger charge is -2.09. The highest BCUT2D eigenvalue weighted by molar-refractivity contribution is 6.37. The van der Waals surface area contributed by atoms with Crippen LogP contribution in [0.1, 0.15) is 31.1 Å². The second-order valence-corrected chi connectivity index (χ2v) is 7.45. The van der Waals surface area contributed by atoms with Gasteiger partial charge in [0.2, 0.25) is 0 Å². The molecular formula is C22H14Cl3NO4. The highest BCUT2D eigenvalue weighted by Gasteiger charge is 2.15. The topological polar surface area (TPSA) is 72.5 Å². The molecule has 0 unspecified atom stereocenters. The van der Waals surface area contributed by atoms with Gasteiger partial charge in [0.15, 0.2) is 12.4 Å². The van der Waals surface area contributed by atoms with Crippen LogP contribution in [-0.4, -0.2) is 24.3 Å². The standard InChI is InChI=1S/C22H14Cl3NO4/c23-15-6-4-13(5-7-15)20(27)12-30-22(29)14-2-1-3-17(10-14)26-21(28)18-9-8-16(24)11-19(18)25/h1-11H,12H2,(H,26,28). The molecule has 0 aliphatic rings. The molecule has 0 heterocycles. The van der Waals surface area contributed by atoms with Crippen molar-refractivity contribution in [2.45, 2.75) is 0 Å². The van der Waals surface area contributed by atoms with Crippen molar-refractivity contribution in [3.05, 3.63) is 98.5 Å². The van der Waals surface area contributed by atoms with Crippen LogP contribution in [0.5, 0.6) is 0 Å². The molecular weight excluding hydrogens is 449 g/mol. The molecule has 0 aliphatic heterocycles. The SMILES string of the molecule is O=C(COC(=O)c1cccc(NC(=O)c2ccc(Cl)cc2Cl)c1)c1ccc(Cl)cc1. The van der Waals surface area contributed by atoms with E-state index in [1.165, 1.54) is 24.3 Å². The van der Waals surface area contributed by atoms with Gasteiger partial charge in [-0.25, -0.2) is 4.79 Å². The predicted octanol–water partition coefficient (Wildman–Crippen LogP) is 5.94. The molecule has 1 amide bonds. The maximum absolute atomic E-state index is 12.4. The molecule has 1 N–H and O–H groups in total. The van der Waals surface area contributed by atoms with E-state index in [1.54, 1.807) is 42.5 Å². The Labute approximate surface area is 187 Å². The second kappa shape index (κ2) is 9.76. The van der Waals surface area contributed by atoms with E-state index in [-0.39, 0.29) is 21.9 Å². The predicted molar refractivity (Wildman–Crippen MR) is 117 cm³/mol. The maximum Gasteiger partial charge on any atom is 0.338 e. The minimum atomic E-state index is -0.696. The first-order valence-electron chi connectivity index (χ1n) is 8.66. The van der Waals surface area contributed by atoms with Crippen molar-refractivity contribution in [1.82, 2.24) is 0 Å². The van der Waals surface area contributed by atoms with E-state index in [4.69, 9.17) is 39.5 Å². The number of rotatable bonds is 6. The average Bonchev–Trinajstić information content (AvgIpc) is 2.72. The number of nitrogens with one attached hydrogen (secondary N) is 1. The molecule has 0 saturated carbocycles. The molecule has 0 fully saturated rings. The molecule has 0 radical (unpaired) electrons. The number of anilines is 1. The highest BCUT2D eigenvalue weighted by Crippen LogP contribution is 2.22. The fourth-order valence-electron chi connectivity index (χ4n) is 2.53. The Balaban J connectivity index is 1.64. The van der Waals surface area contributed by atoms with Crippen molar-refractivity contribution < 1.29 is 19.1 Å². The zero-order chi connectivity index (χ0) is 21.7. The van der Waals surface area contributed by atoms with E-state index >= 15 is 0 Å². The van der Waals surface area contributed by atoms with Crippen molar-refractivity contribution in [3.8, 4) is 0 Å². The molecule has 0 saturated heterocycles. The summed E-state index contributed by atoms with van der Waals surface area (Å²) in [5.74, 6) is -1.51. The van der Waals surface area contributed by atoms with Gasteiger partial charge in [-0.2, -0.15) is 0 Å². The molecule has 0 atom stereocenters. The monoisotopic (exact) mass is 461 g/mol. The Morgan fingerprint density at radius 1 is 0.800 bits per heavy atom. The quantitative estimate of drug-likeness (QED) is 0.363. The smallest absolute Gasteiger partial charge is 0.338 e.